The molecule has 0 radical (unpaired) electrons. The molecule has 0 unspecified atom stereocenters. The van der Waals surface area contributed by atoms with Gasteiger partial charge in [-0.05, 0) is 0 Å². The van der Waals surface area contributed by atoms with Crippen LogP contribution in [0.1, 0.15) is 12.1 Å². The number of aryl methyl sites for hydroxylation is 1. The molecule has 4 nitrogen and oxygen atoms in total. The van der Waals surface area contributed by atoms with Gasteiger partial charge in [0.1, 0.15) is 0 Å². The fourth-order valence-corrected chi connectivity index (χ4v) is 0.626. The van der Waals surface area contributed by atoms with Crippen molar-refractivity contribution in [3.05, 3.63) is 18.2 Å². The first-order valence-electron chi connectivity index (χ1n) is 2.55. The maximum absolute atomic E-state index is 8.57. The predicted octanol–water partition coefficient (Wildman–Crippen LogP) is -0.597. The molecule has 0 saturated carbocycles. The van der Waals surface area contributed by atoms with Crippen LogP contribution in [0.15, 0.2) is 12.4 Å². The highest BCUT2D eigenvalue weighted by molar-refractivity contribution is 4.91. The maximum atomic E-state index is 8.57. The number of aromatic nitrogens is 2. The van der Waals surface area contributed by atoms with Gasteiger partial charge in [0.05, 0.1) is 0 Å². The van der Waals surface area contributed by atoms with Crippen molar-refractivity contribution in [1.29, 1.82) is 0 Å². The molecular weight excluding hydrogens is 120 g/mol. The Morgan fingerprint density at radius 2 is 2.33 bits per heavy atom. The van der Waals surface area contributed by atoms with E-state index in [2.05, 4.69) is 4.98 Å². The van der Waals surface area contributed by atoms with E-state index in [4.69, 9.17) is 10.2 Å². The van der Waals surface area contributed by atoms with Crippen molar-refractivity contribution in [2.75, 3.05) is 0 Å². The first kappa shape index (κ1) is 6.25. The molecule has 0 aliphatic carbocycles. The Kier molecular flexibility index (Phi) is 1.50. The van der Waals surface area contributed by atoms with Crippen molar-refractivity contribution in [1.82, 2.24) is 9.55 Å². The highest BCUT2D eigenvalue weighted by atomic mass is 16.5. The van der Waals surface area contributed by atoms with Crippen molar-refractivity contribution < 1.29 is 10.2 Å². The van der Waals surface area contributed by atoms with E-state index >= 15 is 0 Å². The Labute approximate surface area is 52.4 Å². The second-order valence-electron chi connectivity index (χ2n) is 1.77. The summed E-state index contributed by atoms with van der Waals surface area (Å²) in [6, 6.07) is 0. The van der Waals surface area contributed by atoms with Crippen LogP contribution < -0.4 is 0 Å². The fourth-order valence-electron chi connectivity index (χ4n) is 0.626. The van der Waals surface area contributed by atoms with Crippen LogP contribution in [0.2, 0.25) is 0 Å². The van der Waals surface area contributed by atoms with E-state index in [1.54, 1.807) is 17.8 Å². The molecule has 0 spiro atoms. The van der Waals surface area contributed by atoms with Crippen LogP contribution in [0.3, 0.4) is 0 Å². The second kappa shape index (κ2) is 2.16. The molecule has 0 aliphatic heterocycles. The smallest absolute Gasteiger partial charge is 0.212 e. The Hall–Kier alpha value is -0.870. The molecule has 9 heavy (non-hydrogen) atoms. The minimum Gasteiger partial charge on any atom is -0.362 e. The van der Waals surface area contributed by atoms with E-state index < -0.39 is 6.29 Å². The van der Waals surface area contributed by atoms with Crippen molar-refractivity contribution in [3.63, 3.8) is 0 Å². The Morgan fingerprint density at radius 1 is 1.67 bits per heavy atom. The lowest BCUT2D eigenvalue weighted by molar-refractivity contribution is -0.0512. The van der Waals surface area contributed by atoms with Crippen molar-refractivity contribution in [3.8, 4) is 0 Å². The standard InChI is InChI=1S/C5H8N2O2/c1-7-3-2-6-4(7)5(8)9/h2-3,5,8-9H,1H3. The molecule has 1 aromatic heterocycles. The summed E-state index contributed by atoms with van der Waals surface area (Å²) in [5.41, 5.74) is 0. The third kappa shape index (κ3) is 1.09. The van der Waals surface area contributed by atoms with Gasteiger partial charge in [0.25, 0.3) is 0 Å². The van der Waals surface area contributed by atoms with Gasteiger partial charge in [-0.25, -0.2) is 4.98 Å². The zero-order chi connectivity index (χ0) is 6.85. The number of aliphatic hydroxyl groups is 2. The van der Waals surface area contributed by atoms with Crippen LogP contribution in [0, 0.1) is 0 Å². The predicted molar refractivity (Wildman–Crippen MR) is 30.4 cm³/mol. The van der Waals surface area contributed by atoms with Gasteiger partial charge in [-0.3, -0.25) is 0 Å². The van der Waals surface area contributed by atoms with Crippen molar-refractivity contribution >= 4 is 0 Å². The van der Waals surface area contributed by atoms with E-state index in [1.165, 1.54) is 6.20 Å². The maximum Gasteiger partial charge on any atom is 0.212 e. The summed E-state index contributed by atoms with van der Waals surface area (Å²) in [4.78, 5) is 3.68. The highest BCUT2D eigenvalue weighted by Gasteiger charge is 2.05. The molecule has 1 aromatic rings. The van der Waals surface area contributed by atoms with Crippen LogP contribution in [0.4, 0.5) is 0 Å². The minimum atomic E-state index is -1.47. The summed E-state index contributed by atoms with van der Waals surface area (Å²) in [6.07, 6.45) is 1.69. The molecule has 2 N–H and O–H groups in total. The first-order chi connectivity index (χ1) is 4.22. The van der Waals surface area contributed by atoms with Crippen molar-refractivity contribution in [2.24, 2.45) is 7.05 Å². The van der Waals surface area contributed by atoms with Crippen LogP contribution in [0.25, 0.3) is 0 Å². The zero-order valence-corrected chi connectivity index (χ0v) is 5.02. The number of nitrogens with zero attached hydrogens (tertiary/aromatic N) is 2. The normalized spacial score (nSPS) is 10.7. The van der Waals surface area contributed by atoms with Gasteiger partial charge in [0, 0.05) is 19.4 Å². The monoisotopic (exact) mass is 128 g/mol. The molecule has 1 heterocycles. The minimum absolute atomic E-state index is 0.259. The largest absolute Gasteiger partial charge is 0.362 e. The van der Waals surface area contributed by atoms with Gasteiger partial charge >= 0.3 is 0 Å². The van der Waals surface area contributed by atoms with Gasteiger partial charge < -0.3 is 14.8 Å². The van der Waals surface area contributed by atoms with E-state index in [0.717, 1.165) is 0 Å². The summed E-state index contributed by atoms with van der Waals surface area (Å²) in [5, 5.41) is 17.1. The van der Waals surface area contributed by atoms with Crippen molar-refractivity contribution in [2.45, 2.75) is 6.29 Å². The number of hydrogen-bond acceptors (Lipinski definition) is 3. The molecule has 0 aromatic carbocycles. The van der Waals surface area contributed by atoms with E-state index in [9.17, 15) is 0 Å². The third-order valence-corrected chi connectivity index (χ3v) is 1.09. The molecular formula is C5H8N2O2. The van der Waals surface area contributed by atoms with Crippen LogP contribution in [-0.4, -0.2) is 19.8 Å². The van der Waals surface area contributed by atoms with Gasteiger partial charge in [-0.1, -0.05) is 0 Å². The van der Waals surface area contributed by atoms with E-state index in [1.807, 2.05) is 0 Å². The van der Waals surface area contributed by atoms with E-state index in [0.29, 0.717) is 0 Å². The summed E-state index contributed by atoms with van der Waals surface area (Å²) in [7, 11) is 1.70. The molecule has 0 aliphatic rings. The summed E-state index contributed by atoms with van der Waals surface area (Å²) >= 11 is 0. The summed E-state index contributed by atoms with van der Waals surface area (Å²) in [5.74, 6) is 0.259. The topological polar surface area (TPSA) is 58.3 Å². The van der Waals surface area contributed by atoms with Gasteiger partial charge in [0.15, 0.2) is 5.82 Å². The van der Waals surface area contributed by atoms with Crippen LogP contribution in [-0.2, 0) is 7.05 Å². The lowest BCUT2D eigenvalue weighted by Crippen LogP contribution is -2.03. The molecule has 4 heteroatoms. The summed E-state index contributed by atoms with van der Waals surface area (Å²) in [6.45, 7) is 0. The molecule has 0 atom stereocenters. The van der Waals surface area contributed by atoms with Gasteiger partial charge in [-0.15, -0.1) is 0 Å². The molecule has 0 amide bonds. The van der Waals surface area contributed by atoms with Gasteiger partial charge in [-0.2, -0.15) is 0 Å². The lowest BCUT2D eigenvalue weighted by atomic mass is 10.6. The van der Waals surface area contributed by atoms with E-state index in [-0.39, 0.29) is 5.82 Å². The number of hydrogen-bond donors (Lipinski definition) is 2. The molecule has 0 fully saturated rings. The lowest BCUT2D eigenvalue weighted by Gasteiger charge is -2.00. The summed E-state index contributed by atoms with van der Waals surface area (Å²) < 4.78 is 1.55. The second-order valence-corrected chi connectivity index (χ2v) is 1.77. The molecule has 1 rings (SSSR count). The van der Waals surface area contributed by atoms with Crippen LogP contribution >= 0.6 is 0 Å². The van der Waals surface area contributed by atoms with Gasteiger partial charge in [0.2, 0.25) is 6.29 Å². The highest BCUT2D eigenvalue weighted by Crippen LogP contribution is 2.03. The average Bonchev–Trinajstić information content (AvgIpc) is 2.13. The Balaban J connectivity index is 2.94. The first-order valence-corrected chi connectivity index (χ1v) is 2.55. The molecule has 0 saturated heterocycles. The fraction of sp³-hybridized carbons (Fsp3) is 0.400. The quantitative estimate of drug-likeness (QED) is 0.497. The molecule has 50 valence electrons. The number of aliphatic hydroxyl groups excluding tert-OH is 1. The number of imidazole rings is 1. The SMILES string of the molecule is Cn1ccnc1C(O)O. The Bertz CT molecular complexity index is 195. The number of rotatable bonds is 1. The Morgan fingerprint density at radius 3 is 2.56 bits per heavy atom. The zero-order valence-electron chi connectivity index (χ0n) is 5.02. The average molecular weight is 128 g/mol. The third-order valence-electron chi connectivity index (χ3n) is 1.09. The van der Waals surface area contributed by atoms with Crippen LogP contribution in [0.5, 0.6) is 0 Å². The molecule has 0 bridgehead atoms.